The van der Waals surface area contributed by atoms with Crippen LogP contribution in [0, 0.1) is 0 Å². The number of hydrogen-bond donors (Lipinski definition) is 4. The third-order valence-electron chi connectivity index (χ3n) is 7.95. The van der Waals surface area contributed by atoms with Crippen molar-refractivity contribution in [1.29, 1.82) is 0 Å². The molecule has 1 unspecified atom stereocenters. The fraction of sp³-hybridized carbons (Fsp3) is 0.600. The number of hydrogen-bond acceptors (Lipinski definition) is 9. The molecule has 4 rings (SSSR count). The smallest absolute Gasteiger partial charge is 0.243 e. The molecule has 5 atom stereocenters. The lowest BCUT2D eigenvalue weighted by molar-refractivity contribution is -0.134. The highest BCUT2D eigenvalue weighted by molar-refractivity contribution is 7.90. The summed E-state index contributed by atoms with van der Waals surface area (Å²) in [4.78, 5) is 52.9. The summed E-state index contributed by atoms with van der Waals surface area (Å²) in [5.74, 6) is -1.73. The maximum absolute atomic E-state index is 13.7. The van der Waals surface area contributed by atoms with E-state index in [9.17, 15) is 27.6 Å². The Bertz CT molecular complexity index is 1330. The van der Waals surface area contributed by atoms with Crippen LogP contribution >= 0.6 is 0 Å². The zero-order valence-corrected chi connectivity index (χ0v) is 25.8. The number of ether oxygens (including phenoxy) is 2. The van der Waals surface area contributed by atoms with Gasteiger partial charge >= 0.3 is 0 Å². The molecular formula is C30H42N4O8S. The number of rotatable bonds is 14. The van der Waals surface area contributed by atoms with Crippen LogP contribution in [0.3, 0.4) is 0 Å². The zero-order chi connectivity index (χ0) is 31.2. The molecule has 236 valence electrons. The maximum atomic E-state index is 13.7. The Labute approximate surface area is 252 Å². The second kappa shape index (κ2) is 14.1. The van der Waals surface area contributed by atoms with E-state index in [1.54, 1.807) is 19.1 Å². The van der Waals surface area contributed by atoms with Gasteiger partial charge in [0.15, 0.2) is 15.6 Å². The van der Waals surface area contributed by atoms with Crippen LogP contribution in [0.4, 0.5) is 0 Å². The predicted molar refractivity (Wildman–Crippen MR) is 158 cm³/mol. The summed E-state index contributed by atoms with van der Waals surface area (Å²) < 4.78 is 34.8. The van der Waals surface area contributed by atoms with Gasteiger partial charge in [-0.2, -0.15) is 0 Å². The van der Waals surface area contributed by atoms with Crippen LogP contribution in [0.2, 0.25) is 0 Å². The molecule has 4 N–H and O–H groups in total. The fourth-order valence-corrected chi connectivity index (χ4v) is 5.85. The average Bonchev–Trinajstić information content (AvgIpc) is 3.50. The van der Waals surface area contributed by atoms with E-state index in [0.717, 1.165) is 31.1 Å². The minimum absolute atomic E-state index is 0.0290. The van der Waals surface area contributed by atoms with Gasteiger partial charge in [-0.3, -0.25) is 19.2 Å². The summed E-state index contributed by atoms with van der Waals surface area (Å²) in [7, 11) is -3.42. The van der Waals surface area contributed by atoms with Crippen molar-refractivity contribution in [3.63, 3.8) is 0 Å². The van der Waals surface area contributed by atoms with Crippen molar-refractivity contribution in [2.75, 3.05) is 32.6 Å². The number of allylic oxidation sites excluding steroid dienone is 1. The summed E-state index contributed by atoms with van der Waals surface area (Å²) >= 11 is 0. The van der Waals surface area contributed by atoms with Gasteiger partial charge in [-0.15, -0.1) is 0 Å². The van der Waals surface area contributed by atoms with Gasteiger partial charge < -0.3 is 30.7 Å². The third kappa shape index (κ3) is 9.43. The number of nitrogens with one attached hydrogen (secondary N) is 4. The molecule has 3 aliphatic rings. The summed E-state index contributed by atoms with van der Waals surface area (Å²) in [5, 5.41) is 11.4. The number of Topliss-reactive ketones (excluding diaryl/α,β-unsaturated/α-hetero) is 1. The Morgan fingerprint density at radius 1 is 1.05 bits per heavy atom. The number of morpholine rings is 1. The highest BCUT2D eigenvalue weighted by atomic mass is 32.2. The second-order valence-electron chi connectivity index (χ2n) is 11.8. The van der Waals surface area contributed by atoms with Crippen LogP contribution in [0.5, 0.6) is 0 Å². The topological polar surface area (TPSA) is 172 Å². The largest absolute Gasteiger partial charge is 0.375 e. The van der Waals surface area contributed by atoms with Gasteiger partial charge in [-0.1, -0.05) is 23.8 Å². The lowest BCUT2D eigenvalue weighted by Gasteiger charge is -2.26. The first-order valence-corrected chi connectivity index (χ1v) is 16.6. The van der Waals surface area contributed by atoms with E-state index >= 15 is 0 Å². The van der Waals surface area contributed by atoms with Crippen LogP contribution in [0.15, 0.2) is 40.8 Å². The number of amides is 3. The highest BCUT2D eigenvalue weighted by Crippen LogP contribution is 2.31. The average molecular weight is 619 g/mol. The fourth-order valence-electron chi connectivity index (χ4n) is 5.22. The first-order chi connectivity index (χ1) is 20.3. The predicted octanol–water partition coefficient (Wildman–Crippen LogP) is 0.344. The van der Waals surface area contributed by atoms with Crippen LogP contribution in [0.25, 0.3) is 0 Å². The molecule has 0 spiro atoms. The minimum atomic E-state index is -3.42. The molecule has 0 radical (unpaired) electrons. The molecule has 0 saturated carbocycles. The van der Waals surface area contributed by atoms with Gasteiger partial charge in [0.1, 0.15) is 17.7 Å². The maximum Gasteiger partial charge on any atom is 0.243 e. The lowest BCUT2D eigenvalue weighted by Crippen LogP contribution is -2.57. The molecule has 2 saturated heterocycles. The van der Waals surface area contributed by atoms with Crippen molar-refractivity contribution in [1.82, 2.24) is 21.3 Å². The Hall–Kier alpha value is -3.13. The molecule has 12 nitrogen and oxygen atoms in total. The van der Waals surface area contributed by atoms with Gasteiger partial charge in [0.05, 0.1) is 36.7 Å². The number of epoxide rings is 1. The van der Waals surface area contributed by atoms with Crippen molar-refractivity contribution >= 4 is 33.3 Å². The monoisotopic (exact) mass is 618 g/mol. The third-order valence-corrected chi connectivity index (χ3v) is 9.07. The van der Waals surface area contributed by atoms with E-state index in [1.807, 2.05) is 0 Å². The molecule has 0 aromatic heterocycles. The number of sulfone groups is 1. The second-order valence-corrected chi connectivity index (χ2v) is 13.8. The number of carbonyl (C=O) groups excluding carboxylic acids is 4. The first kappa shape index (κ1) is 32.8. The lowest BCUT2D eigenvalue weighted by atomic mass is 9.94. The molecule has 1 aromatic rings. The van der Waals surface area contributed by atoms with E-state index in [0.29, 0.717) is 31.7 Å². The van der Waals surface area contributed by atoms with Crippen molar-refractivity contribution < 1.29 is 37.1 Å². The normalized spacial score (nSPS) is 23.8. The number of carbonyl (C=O) groups is 4. The van der Waals surface area contributed by atoms with Crippen molar-refractivity contribution in [3.8, 4) is 0 Å². The van der Waals surface area contributed by atoms with Crippen LogP contribution in [-0.4, -0.2) is 94.3 Å². The molecule has 43 heavy (non-hydrogen) atoms. The van der Waals surface area contributed by atoms with E-state index in [-0.39, 0.29) is 42.1 Å². The zero-order valence-electron chi connectivity index (χ0n) is 24.9. The van der Waals surface area contributed by atoms with E-state index in [2.05, 4.69) is 27.3 Å². The minimum Gasteiger partial charge on any atom is -0.375 e. The Morgan fingerprint density at radius 3 is 2.33 bits per heavy atom. The van der Waals surface area contributed by atoms with E-state index in [4.69, 9.17) is 9.47 Å². The van der Waals surface area contributed by atoms with E-state index < -0.39 is 45.4 Å². The molecule has 2 fully saturated rings. The van der Waals surface area contributed by atoms with Gasteiger partial charge in [0.2, 0.25) is 17.7 Å². The molecule has 1 aliphatic carbocycles. The van der Waals surface area contributed by atoms with Crippen LogP contribution < -0.4 is 21.3 Å². The summed E-state index contributed by atoms with van der Waals surface area (Å²) in [6.07, 6.45) is 6.14. The Morgan fingerprint density at radius 2 is 1.74 bits per heavy atom. The van der Waals surface area contributed by atoms with Gasteiger partial charge in [0.25, 0.3) is 0 Å². The van der Waals surface area contributed by atoms with Gasteiger partial charge in [0, 0.05) is 25.8 Å². The quantitative estimate of drug-likeness (QED) is 0.170. The highest BCUT2D eigenvalue weighted by Gasteiger charge is 2.50. The summed E-state index contributed by atoms with van der Waals surface area (Å²) in [5.41, 5.74) is 0.743. The van der Waals surface area contributed by atoms with Crippen molar-refractivity contribution in [3.05, 3.63) is 41.5 Å². The van der Waals surface area contributed by atoms with Gasteiger partial charge in [-0.25, -0.2) is 8.42 Å². The van der Waals surface area contributed by atoms with Gasteiger partial charge in [-0.05, 0) is 57.2 Å². The Kier molecular flexibility index (Phi) is 10.8. The molecular weight excluding hydrogens is 576 g/mol. The molecule has 13 heteroatoms. The standard InChI is InChI=1S/C30H42N4O8S/c1-19(32-26(35)16-22-17-31-12-13-41-22)28(37)34-25(15-21-8-10-23(11-9-21)43(3,39)40)29(38)33-24(14-20-6-4-5-7-20)27(36)30(2)18-42-30/h6,8-11,19,22,24-25,31H,4-5,7,12-18H2,1-3H3,(H,32,35)(H,33,38)(H,34,37)/t19-,22?,24-,25-,30+/m0/s1. The summed E-state index contributed by atoms with van der Waals surface area (Å²) in [6, 6.07) is 3.15. The number of ketones is 1. The van der Waals surface area contributed by atoms with Crippen molar-refractivity contribution in [2.45, 2.75) is 87.1 Å². The number of benzene rings is 1. The molecule has 1 aromatic carbocycles. The molecule has 2 aliphatic heterocycles. The van der Waals surface area contributed by atoms with Crippen molar-refractivity contribution in [2.24, 2.45) is 0 Å². The molecule has 2 heterocycles. The molecule has 0 bridgehead atoms. The van der Waals surface area contributed by atoms with Crippen LogP contribution in [0.1, 0.15) is 51.5 Å². The van der Waals surface area contributed by atoms with E-state index in [1.165, 1.54) is 19.1 Å². The Balaban J connectivity index is 1.47. The first-order valence-electron chi connectivity index (χ1n) is 14.7. The van der Waals surface area contributed by atoms with Crippen LogP contribution in [-0.2, 0) is 44.9 Å². The summed E-state index contributed by atoms with van der Waals surface area (Å²) in [6.45, 7) is 5.25. The SMILES string of the molecule is C[C@H](NC(=O)CC1CNCCO1)C(=O)N[C@@H](Cc1ccc(S(C)(=O)=O)cc1)C(=O)N[C@@H](CC1=CCCC1)C(=O)[C@@]1(C)CO1. The molecule has 3 amide bonds.